The van der Waals surface area contributed by atoms with Crippen LogP contribution >= 0.6 is 0 Å². The van der Waals surface area contributed by atoms with Gasteiger partial charge in [0, 0.05) is 26.3 Å². The Morgan fingerprint density at radius 2 is 2.05 bits per heavy atom. The normalized spacial score (nSPS) is 10.5. The Hall–Kier alpha value is -1.66. The Balaban J connectivity index is 2.37. The van der Waals surface area contributed by atoms with E-state index in [2.05, 4.69) is 5.32 Å². The van der Waals surface area contributed by atoms with Gasteiger partial charge < -0.3 is 14.8 Å². The van der Waals surface area contributed by atoms with Crippen LogP contribution in [-0.4, -0.2) is 32.3 Å². The second-order valence-corrected chi connectivity index (χ2v) is 4.49. The molecule has 0 heterocycles. The summed E-state index contributed by atoms with van der Waals surface area (Å²) in [5, 5.41) is 14.2. The number of unbranched alkanes of at least 4 members (excludes halogenated alkanes) is 2. The number of nitro groups is 1. The smallest absolute Gasteiger partial charge is 0.311 e. The van der Waals surface area contributed by atoms with Crippen molar-refractivity contribution in [3.63, 3.8) is 0 Å². The Bertz CT molecular complexity index is 424. The summed E-state index contributed by atoms with van der Waals surface area (Å²) in [4.78, 5) is 10.5. The van der Waals surface area contributed by atoms with E-state index in [0.29, 0.717) is 12.3 Å². The molecule has 1 aromatic carbocycles. The molecule has 0 saturated carbocycles. The van der Waals surface area contributed by atoms with Crippen LogP contribution in [0, 0.1) is 10.1 Å². The van der Waals surface area contributed by atoms with E-state index in [-0.39, 0.29) is 5.69 Å². The van der Waals surface area contributed by atoms with Gasteiger partial charge in [-0.1, -0.05) is 6.07 Å². The number of hydrogen-bond acceptors (Lipinski definition) is 5. The van der Waals surface area contributed by atoms with Gasteiger partial charge in [-0.05, 0) is 37.4 Å². The minimum atomic E-state index is -0.424. The van der Waals surface area contributed by atoms with E-state index < -0.39 is 4.92 Å². The molecule has 0 aliphatic heterocycles. The molecule has 0 atom stereocenters. The molecule has 0 aliphatic carbocycles. The van der Waals surface area contributed by atoms with Gasteiger partial charge in [0.05, 0.1) is 12.0 Å². The lowest BCUT2D eigenvalue weighted by Gasteiger charge is -2.07. The molecule has 6 heteroatoms. The average molecular weight is 282 g/mol. The van der Waals surface area contributed by atoms with Crippen LogP contribution in [0.4, 0.5) is 5.69 Å². The third-order valence-corrected chi connectivity index (χ3v) is 2.97. The molecule has 6 nitrogen and oxygen atoms in total. The molecule has 0 radical (unpaired) electrons. The van der Waals surface area contributed by atoms with Crippen molar-refractivity contribution in [1.82, 2.24) is 5.32 Å². The first-order valence-electron chi connectivity index (χ1n) is 6.70. The van der Waals surface area contributed by atoms with Crippen molar-refractivity contribution < 1.29 is 14.4 Å². The highest BCUT2D eigenvalue weighted by atomic mass is 16.6. The standard InChI is InChI=1S/C14H22N2O4/c1-19-9-5-3-4-8-15-11-12-6-7-14(20-2)13(10-12)16(17)18/h6-7,10,15H,3-5,8-9,11H2,1-2H3. The summed E-state index contributed by atoms with van der Waals surface area (Å²) < 4.78 is 9.95. The van der Waals surface area contributed by atoms with Crippen molar-refractivity contribution in [2.45, 2.75) is 25.8 Å². The minimum absolute atomic E-state index is 0.00638. The fourth-order valence-corrected chi connectivity index (χ4v) is 1.89. The van der Waals surface area contributed by atoms with Gasteiger partial charge in [0.2, 0.25) is 0 Å². The summed E-state index contributed by atoms with van der Waals surface area (Å²) in [7, 11) is 3.13. The Morgan fingerprint density at radius 3 is 2.70 bits per heavy atom. The van der Waals surface area contributed by atoms with Crippen LogP contribution in [0.1, 0.15) is 24.8 Å². The van der Waals surface area contributed by atoms with Crippen LogP contribution in [0.5, 0.6) is 5.75 Å². The predicted octanol–water partition coefficient (Wildman–Crippen LogP) is 2.51. The Kier molecular flexibility index (Phi) is 7.60. The summed E-state index contributed by atoms with van der Waals surface area (Å²) >= 11 is 0. The maximum absolute atomic E-state index is 10.9. The number of nitrogens with one attached hydrogen (secondary N) is 1. The van der Waals surface area contributed by atoms with E-state index in [1.54, 1.807) is 19.2 Å². The van der Waals surface area contributed by atoms with Gasteiger partial charge in [0.15, 0.2) is 5.75 Å². The molecule has 0 amide bonds. The van der Waals surface area contributed by atoms with Crippen molar-refractivity contribution in [2.24, 2.45) is 0 Å². The molecule has 1 aromatic rings. The van der Waals surface area contributed by atoms with Crippen LogP contribution in [0.3, 0.4) is 0 Å². The van der Waals surface area contributed by atoms with E-state index in [1.807, 2.05) is 6.07 Å². The molecule has 1 N–H and O–H groups in total. The lowest BCUT2D eigenvalue weighted by atomic mass is 10.2. The minimum Gasteiger partial charge on any atom is -0.490 e. The molecule has 0 bridgehead atoms. The quantitative estimate of drug-likeness (QED) is 0.405. The van der Waals surface area contributed by atoms with E-state index in [9.17, 15) is 10.1 Å². The highest BCUT2D eigenvalue weighted by Gasteiger charge is 2.14. The van der Waals surface area contributed by atoms with Gasteiger partial charge >= 0.3 is 5.69 Å². The van der Waals surface area contributed by atoms with Crippen molar-refractivity contribution in [3.8, 4) is 5.75 Å². The number of benzene rings is 1. The molecule has 0 aromatic heterocycles. The first kappa shape index (κ1) is 16.4. The molecule has 20 heavy (non-hydrogen) atoms. The zero-order chi connectivity index (χ0) is 14.8. The maximum Gasteiger partial charge on any atom is 0.311 e. The third-order valence-electron chi connectivity index (χ3n) is 2.97. The fraction of sp³-hybridized carbons (Fsp3) is 0.571. The molecule has 0 spiro atoms. The third kappa shape index (κ3) is 5.54. The van der Waals surface area contributed by atoms with Crippen molar-refractivity contribution in [3.05, 3.63) is 33.9 Å². The van der Waals surface area contributed by atoms with E-state index in [0.717, 1.165) is 38.0 Å². The second-order valence-electron chi connectivity index (χ2n) is 4.49. The van der Waals surface area contributed by atoms with Gasteiger partial charge in [-0.3, -0.25) is 10.1 Å². The van der Waals surface area contributed by atoms with Crippen molar-refractivity contribution in [1.29, 1.82) is 0 Å². The Morgan fingerprint density at radius 1 is 1.25 bits per heavy atom. The van der Waals surface area contributed by atoms with Crippen LogP contribution < -0.4 is 10.1 Å². The molecule has 0 fully saturated rings. The van der Waals surface area contributed by atoms with Gasteiger partial charge in [-0.15, -0.1) is 0 Å². The number of nitro benzene ring substituents is 1. The zero-order valence-electron chi connectivity index (χ0n) is 12.1. The summed E-state index contributed by atoms with van der Waals surface area (Å²) in [5.74, 6) is 0.290. The molecule has 0 saturated heterocycles. The predicted molar refractivity (Wildman–Crippen MR) is 77.1 cm³/mol. The van der Waals surface area contributed by atoms with Gasteiger partial charge in [-0.2, -0.15) is 0 Å². The van der Waals surface area contributed by atoms with E-state index in [4.69, 9.17) is 9.47 Å². The largest absolute Gasteiger partial charge is 0.490 e. The number of nitrogens with zero attached hydrogens (tertiary/aromatic N) is 1. The van der Waals surface area contributed by atoms with Gasteiger partial charge in [0.25, 0.3) is 0 Å². The fourth-order valence-electron chi connectivity index (χ4n) is 1.89. The first-order valence-corrected chi connectivity index (χ1v) is 6.70. The van der Waals surface area contributed by atoms with E-state index >= 15 is 0 Å². The van der Waals surface area contributed by atoms with Crippen LogP contribution in [-0.2, 0) is 11.3 Å². The molecular weight excluding hydrogens is 260 g/mol. The first-order chi connectivity index (χ1) is 9.69. The molecular formula is C14H22N2O4. The number of ether oxygens (including phenoxy) is 2. The SMILES string of the molecule is COCCCCCNCc1ccc(OC)c([N+](=O)[O-])c1. The summed E-state index contributed by atoms with van der Waals surface area (Å²) in [6.07, 6.45) is 3.25. The topological polar surface area (TPSA) is 73.6 Å². The molecule has 112 valence electrons. The number of rotatable bonds is 10. The van der Waals surface area contributed by atoms with Crippen LogP contribution in [0.2, 0.25) is 0 Å². The highest BCUT2D eigenvalue weighted by molar-refractivity contribution is 5.48. The van der Waals surface area contributed by atoms with Gasteiger partial charge in [-0.25, -0.2) is 0 Å². The number of hydrogen-bond donors (Lipinski definition) is 1. The Labute approximate surface area is 119 Å². The van der Waals surface area contributed by atoms with E-state index in [1.165, 1.54) is 7.11 Å². The molecule has 1 rings (SSSR count). The summed E-state index contributed by atoms with van der Waals surface area (Å²) in [6.45, 7) is 2.31. The van der Waals surface area contributed by atoms with Crippen LogP contribution in [0.25, 0.3) is 0 Å². The second kappa shape index (κ2) is 9.28. The lowest BCUT2D eigenvalue weighted by molar-refractivity contribution is -0.385. The van der Waals surface area contributed by atoms with Crippen molar-refractivity contribution in [2.75, 3.05) is 27.4 Å². The lowest BCUT2D eigenvalue weighted by Crippen LogP contribution is -2.15. The van der Waals surface area contributed by atoms with Crippen LogP contribution in [0.15, 0.2) is 18.2 Å². The summed E-state index contributed by atoms with van der Waals surface area (Å²) in [6, 6.07) is 5.02. The zero-order valence-corrected chi connectivity index (χ0v) is 12.1. The number of methoxy groups -OCH3 is 2. The highest BCUT2D eigenvalue weighted by Crippen LogP contribution is 2.27. The molecule has 0 unspecified atom stereocenters. The average Bonchev–Trinajstić information content (AvgIpc) is 2.46. The molecule has 0 aliphatic rings. The maximum atomic E-state index is 10.9. The summed E-state index contributed by atoms with van der Waals surface area (Å²) in [5.41, 5.74) is 0.890. The van der Waals surface area contributed by atoms with Crippen molar-refractivity contribution >= 4 is 5.69 Å². The van der Waals surface area contributed by atoms with Gasteiger partial charge in [0.1, 0.15) is 0 Å². The monoisotopic (exact) mass is 282 g/mol.